The van der Waals surface area contributed by atoms with Gasteiger partial charge in [-0.1, -0.05) is 18.7 Å². The zero-order valence-corrected chi connectivity index (χ0v) is 11.8. The van der Waals surface area contributed by atoms with Crippen molar-refractivity contribution in [2.75, 3.05) is 19.5 Å². The Labute approximate surface area is 111 Å². The Bertz CT molecular complexity index is 370. The molecule has 0 aliphatic rings. The molecule has 0 saturated carbocycles. The van der Waals surface area contributed by atoms with E-state index in [1.54, 1.807) is 7.11 Å². The number of ether oxygens (including phenoxy) is 1. The van der Waals surface area contributed by atoms with Gasteiger partial charge in [0, 0.05) is 19.6 Å². The van der Waals surface area contributed by atoms with Gasteiger partial charge in [-0.05, 0) is 13.3 Å². The van der Waals surface area contributed by atoms with E-state index in [0.29, 0.717) is 17.5 Å². The highest BCUT2D eigenvalue weighted by Crippen LogP contribution is 2.12. The van der Waals surface area contributed by atoms with E-state index in [1.165, 1.54) is 11.8 Å². The van der Waals surface area contributed by atoms with Crippen LogP contribution >= 0.6 is 11.8 Å². The van der Waals surface area contributed by atoms with E-state index in [2.05, 4.69) is 27.4 Å². The number of carbonyl (C=O) groups excluding carboxylic acids is 1. The van der Waals surface area contributed by atoms with E-state index in [1.807, 2.05) is 6.92 Å². The Hall–Kier alpha value is -1.08. The molecule has 0 aromatic carbocycles. The minimum absolute atomic E-state index is 0.0193. The number of amides is 1. The average Bonchev–Trinajstić information content (AvgIpc) is 2.75. The molecule has 0 aliphatic carbocycles. The average molecular weight is 272 g/mol. The van der Waals surface area contributed by atoms with E-state index < -0.39 is 0 Å². The number of aromatic nitrogens is 3. The number of aromatic amines is 1. The summed E-state index contributed by atoms with van der Waals surface area (Å²) in [6.45, 7) is 4.50. The van der Waals surface area contributed by atoms with Gasteiger partial charge in [0.1, 0.15) is 5.82 Å². The van der Waals surface area contributed by atoms with Crippen molar-refractivity contribution in [3.63, 3.8) is 0 Å². The second-order valence-electron chi connectivity index (χ2n) is 4.03. The number of aryl methyl sites for hydroxylation is 1. The summed E-state index contributed by atoms with van der Waals surface area (Å²) in [5.41, 5.74) is 0. The highest BCUT2D eigenvalue weighted by molar-refractivity contribution is 7.99. The Morgan fingerprint density at radius 1 is 1.61 bits per heavy atom. The van der Waals surface area contributed by atoms with Gasteiger partial charge >= 0.3 is 0 Å². The smallest absolute Gasteiger partial charge is 0.230 e. The molecule has 0 radical (unpaired) electrons. The lowest BCUT2D eigenvalue weighted by Crippen LogP contribution is -2.36. The number of methoxy groups -OCH3 is 1. The lowest BCUT2D eigenvalue weighted by Gasteiger charge is -2.11. The fraction of sp³-hybridized carbons (Fsp3) is 0.727. The van der Waals surface area contributed by atoms with Crippen LogP contribution in [0.3, 0.4) is 0 Å². The van der Waals surface area contributed by atoms with Gasteiger partial charge in [0.25, 0.3) is 0 Å². The lowest BCUT2D eigenvalue weighted by atomic mass is 10.3. The first kappa shape index (κ1) is 15.0. The van der Waals surface area contributed by atoms with Gasteiger partial charge in [0.2, 0.25) is 11.1 Å². The molecular formula is C11H20N4O2S. The third kappa shape index (κ3) is 5.50. The highest BCUT2D eigenvalue weighted by Gasteiger charge is 2.09. The van der Waals surface area contributed by atoms with Crippen LogP contribution in [0.25, 0.3) is 0 Å². The van der Waals surface area contributed by atoms with Crippen molar-refractivity contribution >= 4 is 17.7 Å². The molecule has 1 atom stereocenters. The largest absolute Gasteiger partial charge is 0.383 e. The van der Waals surface area contributed by atoms with Gasteiger partial charge in [-0.25, -0.2) is 4.98 Å². The molecule has 6 nitrogen and oxygen atoms in total. The van der Waals surface area contributed by atoms with E-state index >= 15 is 0 Å². The predicted octanol–water partition coefficient (Wildman–Crippen LogP) is 1.00. The molecule has 0 unspecified atom stereocenters. The predicted molar refractivity (Wildman–Crippen MR) is 70.6 cm³/mol. The molecule has 1 aromatic heterocycles. The van der Waals surface area contributed by atoms with Crippen LogP contribution in [0.5, 0.6) is 0 Å². The first-order valence-electron chi connectivity index (χ1n) is 5.98. The molecular weight excluding hydrogens is 252 g/mol. The summed E-state index contributed by atoms with van der Waals surface area (Å²) >= 11 is 1.33. The summed E-state index contributed by atoms with van der Waals surface area (Å²) in [5.74, 6) is 1.15. The molecule has 0 aliphatic heterocycles. The Morgan fingerprint density at radius 2 is 2.39 bits per heavy atom. The maximum absolute atomic E-state index is 11.6. The van der Waals surface area contributed by atoms with E-state index in [-0.39, 0.29) is 11.9 Å². The monoisotopic (exact) mass is 272 g/mol. The van der Waals surface area contributed by atoms with Crippen molar-refractivity contribution < 1.29 is 9.53 Å². The molecule has 1 rings (SSSR count). The van der Waals surface area contributed by atoms with Crippen LogP contribution in [-0.2, 0) is 16.0 Å². The maximum Gasteiger partial charge on any atom is 0.230 e. The fourth-order valence-corrected chi connectivity index (χ4v) is 2.06. The van der Waals surface area contributed by atoms with Gasteiger partial charge in [-0.3, -0.25) is 9.89 Å². The standard InChI is InChI=1S/C11H20N4O2S/c1-4-5-9-13-11(15-14-9)18-7-10(16)12-8(2)6-17-3/h8H,4-7H2,1-3H3,(H,12,16)(H,13,14,15)/t8-/m0/s1. The molecule has 2 N–H and O–H groups in total. The number of rotatable bonds is 8. The van der Waals surface area contributed by atoms with Gasteiger partial charge < -0.3 is 10.1 Å². The van der Waals surface area contributed by atoms with Crippen LogP contribution in [0.1, 0.15) is 26.1 Å². The van der Waals surface area contributed by atoms with Crippen molar-refractivity contribution in [3.8, 4) is 0 Å². The summed E-state index contributed by atoms with van der Waals surface area (Å²) in [6, 6.07) is 0.0193. The molecule has 0 spiro atoms. The van der Waals surface area contributed by atoms with Crippen LogP contribution in [-0.4, -0.2) is 46.6 Å². The first-order valence-corrected chi connectivity index (χ1v) is 6.96. The fourth-order valence-electron chi connectivity index (χ4n) is 1.43. The summed E-state index contributed by atoms with van der Waals surface area (Å²) in [5, 5.41) is 10.4. The van der Waals surface area contributed by atoms with Crippen LogP contribution < -0.4 is 5.32 Å². The second kappa shape index (κ2) is 8.10. The van der Waals surface area contributed by atoms with Gasteiger partial charge in [-0.2, -0.15) is 0 Å². The van der Waals surface area contributed by atoms with Gasteiger partial charge in [0.15, 0.2) is 0 Å². The van der Waals surface area contributed by atoms with Gasteiger partial charge in [0.05, 0.1) is 12.4 Å². The third-order valence-electron chi connectivity index (χ3n) is 2.15. The van der Waals surface area contributed by atoms with Crippen molar-refractivity contribution in [1.82, 2.24) is 20.5 Å². The van der Waals surface area contributed by atoms with Crippen molar-refractivity contribution in [2.45, 2.75) is 37.9 Å². The van der Waals surface area contributed by atoms with E-state index in [4.69, 9.17) is 4.74 Å². The molecule has 1 amide bonds. The van der Waals surface area contributed by atoms with Crippen molar-refractivity contribution in [2.24, 2.45) is 0 Å². The summed E-state index contributed by atoms with van der Waals surface area (Å²) in [4.78, 5) is 15.9. The molecule has 102 valence electrons. The number of hydrogen-bond acceptors (Lipinski definition) is 5. The van der Waals surface area contributed by atoms with E-state index in [9.17, 15) is 4.79 Å². The minimum atomic E-state index is -0.0357. The summed E-state index contributed by atoms with van der Waals surface area (Å²) in [6.07, 6.45) is 1.90. The molecule has 7 heteroatoms. The molecule has 18 heavy (non-hydrogen) atoms. The number of nitrogens with zero attached hydrogens (tertiary/aromatic N) is 2. The first-order chi connectivity index (χ1) is 8.65. The van der Waals surface area contributed by atoms with Crippen LogP contribution in [0.15, 0.2) is 5.16 Å². The molecule has 0 bridgehead atoms. The lowest BCUT2D eigenvalue weighted by molar-refractivity contribution is -0.119. The molecule has 0 fully saturated rings. The third-order valence-corrected chi connectivity index (χ3v) is 3.00. The number of nitrogens with one attached hydrogen (secondary N) is 2. The zero-order chi connectivity index (χ0) is 13.4. The number of carbonyl (C=O) groups is 1. The number of H-pyrrole nitrogens is 1. The Kier molecular flexibility index (Phi) is 6.74. The van der Waals surface area contributed by atoms with Crippen LogP contribution in [0.4, 0.5) is 0 Å². The zero-order valence-electron chi connectivity index (χ0n) is 11.0. The maximum atomic E-state index is 11.6. The molecule has 1 aromatic rings. The topological polar surface area (TPSA) is 79.9 Å². The second-order valence-corrected chi connectivity index (χ2v) is 4.97. The minimum Gasteiger partial charge on any atom is -0.383 e. The number of thioether (sulfide) groups is 1. The highest BCUT2D eigenvalue weighted by atomic mass is 32.2. The van der Waals surface area contributed by atoms with E-state index in [0.717, 1.165) is 18.7 Å². The molecule has 0 saturated heterocycles. The molecule has 1 heterocycles. The van der Waals surface area contributed by atoms with Crippen molar-refractivity contribution in [1.29, 1.82) is 0 Å². The normalized spacial score (nSPS) is 12.4. The summed E-state index contributed by atoms with van der Waals surface area (Å²) < 4.78 is 4.95. The Morgan fingerprint density at radius 3 is 3.06 bits per heavy atom. The van der Waals surface area contributed by atoms with Crippen molar-refractivity contribution in [3.05, 3.63) is 5.82 Å². The summed E-state index contributed by atoms with van der Waals surface area (Å²) in [7, 11) is 1.61. The SMILES string of the molecule is CCCc1nc(SCC(=O)N[C@@H](C)COC)n[nH]1. The van der Waals surface area contributed by atoms with Crippen LogP contribution in [0, 0.1) is 0 Å². The number of hydrogen-bond donors (Lipinski definition) is 2. The quantitative estimate of drug-likeness (QED) is 0.690. The Balaban J connectivity index is 2.28. The van der Waals surface area contributed by atoms with Gasteiger partial charge in [-0.15, -0.1) is 5.10 Å². The van der Waals surface area contributed by atoms with Crippen LogP contribution in [0.2, 0.25) is 0 Å².